The van der Waals surface area contributed by atoms with E-state index in [4.69, 9.17) is 9.47 Å². The van der Waals surface area contributed by atoms with Gasteiger partial charge < -0.3 is 14.6 Å². The van der Waals surface area contributed by atoms with E-state index in [0.717, 1.165) is 5.56 Å². The first kappa shape index (κ1) is 12.9. The summed E-state index contributed by atoms with van der Waals surface area (Å²) in [7, 11) is 1.59. The van der Waals surface area contributed by atoms with Crippen molar-refractivity contribution in [3.63, 3.8) is 0 Å². The smallest absolute Gasteiger partial charge is 0.130 e. The van der Waals surface area contributed by atoms with Crippen molar-refractivity contribution >= 4 is 0 Å². The van der Waals surface area contributed by atoms with Crippen molar-refractivity contribution in [1.82, 2.24) is 0 Å². The van der Waals surface area contributed by atoms with Crippen LogP contribution in [-0.4, -0.2) is 12.2 Å². The third-order valence-corrected chi connectivity index (χ3v) is 3.53. The molecular formula is C16H15FO3. The van der Waals surface area contributed by atoms with Crippen LogP contribution in [0.4, 0.5) is 4.39 Å². The summed E-state index contributed by atoms with van der Waals surface area (Å²) in [5.74, 6) is 0.709. The molecule has 2 aromatic rings. The van der Waals surface area contributed by atoms with Crippen LogP contribution in [0.3, 0.4) is 0 Å². The highest BCUT2D eigenvalue weighted by Crippen LogP contribution is 2.42. The number of aliphatic hydroxyl groups is 1. The van der Waals surface area contributed by atoms with Gasteiger partial charge in [-0.1, -0.05) is 18.2 Å². The second-order valence-electron chi connectivity index (χ2n) is 4.78. The van der Waals surface area contributed by atoms with Gasteiger partial charge in [0.1, 0.15) is 23.4 Å². The molecule has 0 radical (unpaired) electrons. The number of benzene rings is 2. The molecule has 3 rings (SSSR count). The first-order valence-electron chi connectivity index (χ1n) is 6.46. The van der Waals surface area contributed by atoms with Crippen molar-refractivity contribution < 1.29 is 19.0 Å². The van der Waals surface area contributed by atoms with Crippen LogP contribution < -0.4 is 9.47 Å². The van der Waals surface area contributed by atoms with E-state index < -0.39 is 6.10 Å². The Morgan fingerprint density at radius 2 is 2.00 bits per heavy atom. The highest BCUT2D eigenvalue weighted by atomic mass is 19.1. The van der Waals surface area contributed by atoms with E-state index in [0.29, 0.717) is 23.5 Å². The standard InChI is InChI=1S/C16H15FO3/c1-19-14-5-3-2-4-12(14)16-9-13(18)11-7-6-10(17)8-15(11)20-16/h2-8,13,16,18H,9H2,1H3/t13-,16?/m1/s1. The SMILES string of the molecule is COc1ccccc1C1C[C@@H](O)c2ccc(F)cc2O1. The average molecular weight is 274 g/mol. The predicted octanol–water partition coefficient (Wildman–Crippen LogP) is 3.39. The molecule has 0 amide bonds. The molecule has 104 valence electrons. The number of ether oxygens (including phenoxy) is 2. The van der Waals surface area contributed by atoms with E-state index in [9.17, 15) is 9.50 Å². The Kier molecular flexibility index (Phi) is 3.32. The second kappa shape index (κ2) is 5.13. The molecule has 1 N–H and O–H groups in total. The number of para-hydroxylation sites is 1. The molecule has 0 aromatic heterocycles. The molecule has 1 aliphatic heterocycles. The maximum Gasteiger partial charge on any atom is 0.130 e. The van der Waals surface area contributed by atoms with E-state index in [1.807, 2.05) is 24.3 Å². The molecule has 1 unspecified atom stereocenters. The summed E-state index contributed by atoms with van der Waals surface area (Å²) in [6, 6.07) is 11.7. The molecule has 2 aromatic carbocycles. The van der Waals surface area contributed by atoms with Crippen molar-refractivity contribution in [3.05, 3.63) is 59.4 Å². The molecule has 3 nitrogen and oxygen atoms in total. The molecule has 2 atom stereocenters. The van der Waals surface area contributed by atoms with Gasteiger partial charge in [-0.05, 0) is 18.2 Å². The fourth-order valence-corrected chi connectivity index (χ4v) is 2.54. The van der Waals surface area contributed by atoms with Crippen LogP contribution in [0.25, 0.3) is 0 Å². The minimum atomic E-state index is -0.672. The van der Waals surface area contributed by atoms with Gasteiger partial charge in [0.25, 0.3) is 0 Å². The van der Waals surface area contributed by atoms with E-state index in [-0.39, 0.29) is 11.9 Å². The summed E-state index contributed by atoms with van der Waals surface area (Å²) >= 11 is 0. The average Bonchev–Trinajstić information content (AvgIpc) is 2.46. The minimum Gasteiger partial charge on any atom is -0.496 e. The highest BCUT2D eigenvalue weighted by Gasteiger charge is 2.29. The van der Waals surface area contributed by atoms with Gasteiger partial charge in [0.15, 0.2) is 0 Å². The van der Waals surface area contributed by atoms with Crippen LogP contribution in [-0.2, 0) is 0 Å². The molecule has 0 fully saturated rings. The number of fused-ring (bicyclic) bond motifs is 1. The molecule has 0 spiro atoms. The Morgan fingerprint density at radius 3 is 2.80 bits per heavy atom. The molecular weight excluding hydrogens is 259 g/mol. The Morgan fingerprint density at radius 1 is 1.20 bits per heavy atom. The van der Waals surface area contributed by atoms with E-state index >= 15 is 0 Å². The minimum absolute atomic E-state index is 0.351. The Balaban J connectivity index is 1.98. The van der Waals surface area contributed by atoms with Crippen molar-refractivity contribution in [2.75, 3.05) is 7.11 Å². The summed E-state index contributed by atoms with van der Waals surface area (Å²) in [5.41, 5.74) is 1.47. The normalized spacial score (nSPS) is 20.9. The quantitative estimate of drug-likeness (QED) is 0.912. The number of hydrogen-bond donors (Lipinski definition) is 1. The first-order valence-corrected chi connectivity index (χ1v) is 6.46. The van der Waals surface area contributed by atoms with Crippen molar-refractivity contribution in [3.8, 4) is 11.5 Å². The lowest BCUT2D eigenvalue weighted by Crippen LogP contribution is -2.19. The van der Waals surface area contributed by atoms with Gasteiger partial charge in [0.05, 0.1) is 13.2 Å². The zero-order valence-corrected chi connectivity index (χ0v) is 11.0. The van der Waals surface area contributed by atoms with Gasteiger partial charge in [-0.25, -0.2) is 4.39 Å². The first-order chi connectivity index (χ1) is 9.69. The van der Waals surface area contributed by atoms with Gasteiger partial charge in [-0.15, -0.1) is 0 Å². The largest absolute Gasteiger partial charge is 0.496 e. The van der Waals surface area contributed by atoms with Crippen LogP contribution in [0.5, 0.6) is 11.5 Å². The van der Waals surface area contributed by atoms with Gasteiger partial charge >= 0.3 is 0 Å². The third kappa shape index (κ3) is 2.23. The highest BCUT2D eigenvalue weighted by molar-refractivity contribution is 5.41. The molecule has 4 heteroatoms. The second-order valence-corrected chi connectivity index (χ2v) is 4.78. The zero-order valence-electron chi connectivity index (χ0n) is 11.0. The molecule has 0 saturated heterocycles. The topological polar surface area (TPSA) is 38.7 Å². The summed E-state index contributed by atoms with van der Waals surface area (Å²) in [4.78, 5) is 0. The number of rotatable bonds is 2. The maximum atomic E-state index is 13.3. The lowest BCUT2D eigenvalue weighted by Gasteiger charge is -2.30. The summed E-state index contributed by atoms with van der Waals surface area (Å²) in [6.45, 7) is 0. The van der Waals surface area contributed by atoms with Crippen molar-refractivity contribution in [1.29, 1.82) is 0 Å². The predicted molar refractivity (Wildman–Crippen MR) is 72.3 cm³/mol. The van der Waals surface area contributed by atoms with Gasteiger partial charge in [0.2, 0.25) is 0 Å². The number of methoxy groups -OCH3 is 1. The molecule has 1 aliphatic rings. The van der Waals surface area contributed by atoms with Crippen LogP contribution in [0, 0.1) is 5.82 Å². The van der Waals surface area contributed by atoms with Crippen LogP contribution in [0.2, 0.25) is 0 Å². The molecule has 0 aliphatic carbocycles. The fourth-order valence-electron chi connectivity index (χ4n) is 2.54. The summed E-state index contributed by atoms with van der Waals surface area (Å²) in [6.07, 6.45) is -0.608. The fraction of sp³-hybridized carbons (Fsp3) is 0.250. The number of aliphatic hydroxyl groups excluding tert-OH is 1. The Bertz CT molecular complexity index is 627. The molecule has 0 bridgehead atoms. The molecule has 0 saturated carbocycles. The Labute approximate surface area is 116 Å². The lowest BCUT2D eigenvalue weighted by molar-refractivity contribution is 0.0641. The van der Waals surface area contributed by atoms with Gasteiger partial charge in [-0.2, -0.15) is 0 Å². The van der Waals surface area contributed by atoms with Crippen molar-refractivity contribution in [2.45, 2.75) is 18.6 Å². The molecule has 1 heterocycles. The number of halogens is 1. The summed E-state index contributed by atoms with van der Waals surface area (Å²) in [5, 5.41) is 10.2. The lowest BCUT2D eigenvalue weighted by atomic mass is 9.94. The van der Waals surface area contributed by atoms with E-state index in [2.05, 4.69) is 0 Å². The maximum absolute atomic E-state index is 13.3. The Hall–Kier alpha value is -2.07. The van der Waals surface area contributed by atoms with Crippen LogP contribution in [0.1, 0.15) is 29.8 Å². The van der Waals surface area contributed by atoms with Crippen LogP contribution >= 0.6 is 0 Å². The van der Waals surface area contributed by atoms with Gasteiger partial charge in [-0.3, -0.25) is 0 Å². The molecule has 20 heavy (non-hydrogen) atoms. The van der Waals surface area contributed by atoms with E-state index in [1.165, 1.54) is 12.1 Å². The third-order valence-electron chi connectivity index (χ3n) is 3.53. The monoisotopic (exact) mass is 274 g/mol. The van der Waals surface area contributed by atoms with Crippen molar-refractivity contribution in [2.24, 2.45) is 0 Å². The van der Waals surface area contributed by atoms with Gasteiger partial charge in [0, 0.05) is 23.6 Å². The summed E-state index contributed by atoms with van der Waals surface area (Å²) < 4.78 is 24.5. The van der Waals surface area contributed by atoms with E-state index in [1.54, 1.807) is 13.2 Å². The van der Waals surface area contributed by atoms with Crippen LogP contribution in [0.15, 0.2) is 42.5 Å². The number of hydrogen-bond acceptors (Lipinski definition) is 3. The zero-order chi connectivity index (χ0) is 14.1.